The topological polar surface area (TPSA) is 177 Å². The maximum absolute atomic E-state index is 14.2. The fourth-order valence-electron chi connectivity index (χ4n) is 13.0. The molecule has 1 aliphatic rings. The third kappa shape index (κ3) is 22.0. The highest BCUT2D eigenvalue weighted by Gasteiger charge is 2.29. The number of nitrogens with zero attached hydrogens (tertiary/aromatic N) is 6. The predicted molar refractivity (Wildman–Crippen MR) is 422 cm³/mol. The molecule has 0 saturated heterocycles. The van der Waals surface area contributed by atoms with Crippen molar-refractivity contribution in [3.8, 4) is 34.5 Å². The predicted octanol–water partition coefficient (Wildman–Crippen LogP) is 15.6. The van der Waals surface area contributed by atoms with Crippen molar-refractivity contribution >= 4 is 131 Å². The molecule has 6 amide bonds. The molecule has 0 atom stereocenters. The van der Waals surface area contributed by atoms with Crippen LogP contribution in [0, 0.1) is 0 Å². The van der Waals surface area contributed by atoms with E-state index in [1.165, 1.54) is 0 Å². The van der Waals surface area contributed by atoms with Crippen molar-refractivity contribution in [2.24, 2.45) is 0 Å². The van der Waals surface area contributed by atoms with Crippen LogP contribution in [0.4, 0.5) is 0 Å². The van der Waals surface area contributed by atoms with Gasteiger partial charge in [0, 0.05) is 211 Å². The van der Waals surface area contributed by atoms with E-state index in [1.54, 1.807) is 29.4 Å². The molecule has 12 bridgehead atoms. The Morgan fingerprint density at radius 2 is 0.324 bits per heavy atom. The number of hydrogen-bond acceptors (Lipinski definition) is 12. The van der Waals surface area contributed by atoms with E-state index in [-0.39, 0.29) is 114 Å². The Morgan fingerprint density at radius 1 is 0.225 bits per heavy atom. The second-order valence-electron chi connectivity index (χ2n) is 24.5. The normalized spacial score (nSPS) is 11.9. The van der Waals surface area contributed by atoms with Gasteiger partial charge in [-0.3, -0.25) is 28.8 Å². The average Bonchev–Trinajstić information content (AvgIpc) is 0.788. The van der Waals surface area contributed by atoms with Crippen LogP contribution in [0.25, 0.3) is 0 Å². The van der Waals surface area contributed by atoms with Gasteiger partial charge in [-0.1, -0.05) is 95.6 Å². The zero-order chi connectivity index (χ0) is 74.5. The molecule has 0 N–H and O–H groups in total. The molecule has 6 aromatic rings. The minimum Gasteiger partial charge on any atom is -0.483 e. The third-order valence-corrected chi connectivity index (χ3v) is 21.0. The summed E-state index contributed by atoms with van der Waals surface area (Å²) in [5.74, 6) is 1.30. The van der Waals surface area contributed by atoms with E-state index >= 15 is 0 Å². The smallest absolute Gasteiger partial charge is 0.260 e. The van der Waals surface area contributed by atoms with Crippen LogP contribution in [0.5, 0.6) is 34.5 Å². The molecular weight excluding hydrogens is 1690 g/mol. The molecule has 6 aromatic carbocycles. The van der Waals surface area contributed by atoms with Crippen LogP contribution in [0.2, 0.25) is 0 Å². The van der Waals surface area contributed by atoms with Gasteiger partial charge in [-0.15, -0.1) is 0 Å². The lowest BCUT2D eigenvalue weighted by molar-refractivity contribution is -0.133. The maximum atomic E-state index is 14.2. The lowest BCUT2D eigenvalue weighted by Gasteiger charge is -2.25. The second-order valence-corrected chi connectivity index (χ2v) is 30.0. The molecule has 1 aliphatic carbocycles. The monoisotopic (exact) mass is 1780 g/mol. The largest absolute Gasteiger partial charge is 0.483 e. The third-order valence-electron chi connectivity index (χ3n) is 18.3. The Balaban J connectivity index is 1.64. The number of halogens is 6. The summed E-state index contributed by atoms with van der Waals surface area (Å²) in [7, 11) is 0. The summed E-state index contributed by atoms with van der Waals surface area (Å²) < 4.78 is 45.7. The van der Waals surface area contributed by atoms with Crippen LogP contribution in [-0.2, 0) is 67.3 Å². The maximum Gasteiger partial charge on any atom is 0.260 e. The van der Waals surface area contributed by atoms with Crippen molar-refractivity contribution in [1.29, 1.82) is 0 Å². The average molecular weight is 1790 g/mol. The van der Waals surface area contributed by atoms with Gasteiger partial charge in [0.1, 0.15) is 34.5 Å². The number of benzene rings is 6. The minimum atomic E-state index is -0.293. The van der Waals surface area contributed by atoms with Crippen LogP contribution < -0.4 is 28.4 Å². The van der Waals surface area contributed by atoms with Crippen LogP contribution >= 0.6 is 95.6 Å². The highest BCUT2D eigenvalue weighted by molar-refractivity contribution is 9.11. The van der Waals surface area contributed by atoms with Crippen molar-refractivity contribution in [1.82, 2.24) is 29.4 Å². The summed E-state index contributed by atoms with van der Waals surface area (Å²) in [6.07, 6.45) is 0.970. The van der Waals surface area contributed by atoms with Crippen molar-refractivity contribution in [3.05, 3.63) is 166 Å². The number of fused-ring (bicyclic) bond motifs is 12. The van der Waals surface area contributed by atoms with Gasteiger partial charge in [0.05, 0.1) is 0 Å². The fraction of sp³-hybridized carbons (Fsp3) is 0.462. The lowest BCUT2D eigenvalue weighted by Crippen LogP contribution is -2.35. The van der Waals surface area contributed by atoms with E-state index in [0.29, 0.717) is 207 Å². The molecule has 18 nitrogen and oxygen atoms in total. The molecule has 0 aromatic heterocycles. The molecule has 7 rings (SSSR count). The Hall–Kier alpha value is -6.18. The van der Waals surface area contributed by atoms with E-state index in [4.69, 9.17) is 28.4 Å². The highest BCUT2D eigenvalue weighted by atomic mass is 79.9. The fourth-order valence-corrected chi connectivity index (χ4v) is 16.3. The molecule has 552 valence electrons. The van der Waals surface area contributed by atoms with Crippen LogP contribution in [-0.4, -0.2) is 183 Å². The van der Waals surface area contributed by atoms with Crippen molar-refractivity contribution < 1.29 is 57.2 Å². The SMILES string of the molecule is CCN(CC)C(=O)COc1c2cc(Br)cc1Cc1cc(Br)cc(c1OCC(=O)N(CC)CC)Cc1cc(Br)cc(c1OCC(=O)N(CC)CC)Cc1cc(Br)cc(c1OCC(=O)N(CC)CC)Cc1cc(Br)cc(c1OCC(=O)N(CC)CC)Cc1cc(Br)cc(c1OCC(=O)N(CC)CC)C2. The van der Waals surface area contributed by atoms with Crippen molar-refractivity contribution in [2.45, 2.75) is 122 Å². The molecule has 0 heterocycles. The molecule has 0 aliphatic heterocycles. The molecule has 0 saturated carbocycles. The molecule has 0 unspecified atom stereocenters. The number of rotatable bonds is 30. The van der Waals surface area contributed by atoms with Gasteiger partial charge < -0.3 is 57.8 Å². The Bertz CT molecular complexity index is 3160. The zero-order valence-electron chi connectivity index (χ0n) is 60.7. The van der Waals surface area contributed by atoms with Crippen molar-refractivity contribution in [2.75, 3.05) is 118 Å². The summed E-state index contributed by atoms with van der Waals surface area (Å²) >= 11 is 23.5. The first-order valence-electron chi connectivity index (χ1n) is 35.2. The van der Waals surface area contributed by atoms with Gasteiger partial charge in [-0.25, -0.2) is 0 Å². The van der Waals surface area contributed by atoms with Gasteiger partial charge in [0.25, 0.3) is 35.4 Å². The Labute approximate surface area is 652 Å². The molecule has 0 radical (unpaired) electrons. The molecule has 0 fully saturated rings. The first-order valence-corrected chi connectivity index (χ1v) is 40.0. The van der Waals surface area contributed by atoms with Gasteiger partial charge in [-0.05, 0) is 156 Å². The van der Waals surface area contributed by atoms with Gasteiger partial charge >= 0.3 is 0 Å². The van der Waals surface area contributed by atoms with Gasteiger partial charge in [0.15, 0.2) is 39.6 Å². The van der Waals surface area contributed by atoms with E-state index in [0.717, 1.165) is 0 Å². The summed E-state index contributed by atoms with van der Waals surface area (Å²) in [4.78, 5) is 95.4. The Kier molecular flexibility index (Phi) is 32.9. The molecule has 24 heteroatoms. The number of carbonyl (C=O) groups is 6. The van der Waals surface area contributed by atoms with Crippen LogP contribution in [0.15, 0.2) is 99.6 Å². The number of ether oxygens (including phenoxy) is 6. The summed E-state index contributed by atoms with van der Waals surface area (Å²) in [6.45, 7) is 27.0. The number of likely N-dealkylation sites (N-methyl/N-ethyl adjacent to an activating group) is 6. The quantitative estimate of drug-likeness (QED) is 0.0417. The van der Waals surface area contributed by atoms with Crippen LogP contribution in [0.1, 0.15) is 150 Å². The number of amides is 6. The number of carbonyl (C=O) groups excluding carboxylic acids is 6. The number of hydrogen-bond donors (Lipinski definition) is 0. The summed E-state index contributed by atoms with van der Waals surface area (Å²) in [5, 5.41) is 0. The molecule has 0 spiro atoms. The standard InChI is InChI=1S/C78H96Br6N6O12/c1-13-85(14-2)67(91)43-97-73-49-25-51-33-62(80)35-53(74(51)98-44-68(92)86(15-3)16-4)27-55-37-64(82)39-57(76(55)100-46-70(94)88(19-7)20-8)29-59-41-66(84)42-60(78(59)102-48-72(96)90(23-11)24-12)30-58-40-65(83)38-56(77(58)101-47-71(95)89(21-9)22-10)28-54-36-63(81)34-52(26-50(73)32-61(79)31-49)75(54)99-45-69(93)87(17-5)18-6/h31-42H,13-30,43-48H2,1-12H3. The van der Waals surface area contributed by atoms with Crippen molar-refractivity contribution in [3.63, 3.8) is 0 Å². The minimum absolute atomic E-state index is 0.162. The van der Waals surface area contributed by atoms with E-state index in [1.807, 2.05) is 156 Å². The highest BCUT2D eigenvalue weighted by Crippen LogP contribution is 2.44. The first kappa shape index (κ1) is 83.1. The van der Waals surface area contributed by atoms with Gasteiger partial charge in [0.2, 0.25) is 0 Å². The summed E-state index contributed by atoms with van der Waals surface area (Å²) in [6, 6.07) is 23.6. The Morgan fingerprint density at radius 3 is 0.412 bits per heavy atom. The second kappa shape index (κ2) is 40.4. The lowest BCUT2D eigenvalue weighted by atomic mass is 9.91. The van der Waals surface area contributed by atoms with Gasteiger partial charge in [-0.2, -0.15) is 0 Å². The molecular formula is C78H96Br6N6O12. The summed E-state index contributed by atoms with van der Waals surface area (Å²) in [5.41, 5.74) is 8.12. The first-order chi connectivity index (χ1) is 48.9. The zero-order valence-corrected chi connectivity index (χ0v) is 70.3. The molecule has 102 heavy (non-hydrogen) atoms. The van der Waals surface area contributed by atoms with E-state index in [2.05, 4.69) is 95.6 Å². The van der Waals surface area contributed by atoms with E-state index in [9.17, 15) is 28.8 Å². The van der Waals surface area contributed by atoms with E-state index < -0.39 is 0 Å². The van der Waals surface area contributed by atoms with Crippen LogP contribution in [0.3, 0.4) is 0 Å².